The average molecular weight is 547 g/mol. The van der Waals surface area contributed by atoms with Crippen LogP contribution in [0.3, 0.4) is 0 Å². The molecule has 206 valence electrons. The first-order chi connectivity index (χ1) is 18.8. The molecule has 7 heterocycles. The smallest absolute Gasteiger partial charge is 0.239 e. The number of piperidine rings is 1. The molecule has 2 N–H and O–H groups in total. The fourth-order valence-electron chi connectivity index (χ4n) is 7.27. The van der Waals surface area contributed by atoms with E-state index in [1.165, 1.54) is 48.6 Å². The van der Waals surface area contributed by atoms with Crippen LogP contribution in [0.25, 0.3) is 27.1 Å². The standard InChI is InChI=1S/C30H38N6O2S/c1-15(2)24-25-18(5)27(19-6-9-35(10-7-19)30(37)22-12-23-21(33-22)8-11-38-23)39-29(25)34-26(24)20-13-36-28(31-14-32-36)17(4)16(20)3/h13-15,19,21-23,33-34H,6-12H2,1-5H3/t21-,22-,23-/m0/s1. The van der Waals surface area contributed by atoms with Crippen molar-refractivity contribution in [2.75, 3.05) is 19.7 Å². The largest absolute Gasteiger partial charge is 0.376 e. The molecule has 0 unspecified atom stereocenters. The summed E-state index contributed by atoms with van der Waals surface area (Å²) >= 11 is 1.92. The van der Waals surface area contributed by atoms with Crippen molar-refractivity contribution in [1.29, 1.82) is 0 Å². The van der Waals surface area contributed by atoms with Crippen molar-refractivity contribution >= 4 is 33.1 Å². The molecule has 0 spiro atoms. The van der Waals surface area contributed by atoms with Gasteiger partial charge >= 0.3 is 0 Å². The summed E-state index contributed by atoms with van der Waals surface area (Å²) in [6, 6.07) is 0.286. The molecular formula is C30H38N6O2S. The number of fused-ring (bicyclic) bond motifs is 3. The van der Waals surface area contributed by atoms with Gasteiger partial charge in [0.1, 0.15) is 11.2 Å². The Hall–Kier alpha value is -2.75. The Balaban J connectivity index is 1.15. The molecular weight excluding hydrogens is 508 g/mol. The van der Waals surface area contributed by atoms with E-state index in [-0.39, 0.29) is 18.1 Å². The number of rotatable bonds is 4. The number of aromatic amines is 1. The number of ether oxygens (including phenoxy) is 1. The van der Waals surface area contributed by atoms with Gasteiger partial charge in [-0.3, -0.25) is 4.79 Å². The number of nitrogens with zero attached hydrogens (tertiary/aromatic N) is 4. The maximum Gasteiger partial charge on any atom is 0.239 e. The molecule has 7 rings (SSSR count). The predicted octanol–water partition coefficient (Wildman–Crippen LogP) is 5.21. The maximum atomic E-state index is 13.2. The van der Waals surface area contributed by atoms with Gasteiger partial charge in [-0.25, -0.2) is 9.50 Å². The third-order valence-electron chi connectivity index (χ3n) is 9.50. The maximum absolute atomic E-state index is 13.2. The summed E-state index contributed by atoms with van der Waals surface area (Å²) in [6.07, 6.45) is 7.86. The second-order valence-electron chi connectivity index (χ2n) is 12.0. The third-order valence-corrected chi connectivity index (χ3v) is 10.9. The van der Waals surface area contributed by atoms with E-state index >= 15 is 0 Å². The van der Waals surface area contributed by atoms with Gasteiger partial charge < -0.3 is 19.9 Å². The molecule has 3 saturated heterocycles. The molecule has 0 bridgehead atoms. The minimum atomic E-state index is -0.0747. The van der Waals surface area contributed by atoms with Gasteiger partial charge in [-0.2, -0.15) is 5.10 Å². The van der Waals surface area contributed by atoms with Crippen LogP contribution in [0.15, 0.2) is 12.5 Å². The highest BCUT2D eigenvalue weighted by atomic mass is 32.1. The van der Waals surface area contributed by atoms with Crippen molar-refractivity contribution in [3.63, 3.8) is 0 Å². The Kier molecular flexibility index (Phi) is 6.10. The number of pyridine rings is 1. The highest BCUT2D eigenvalue weighted by Crippen LogP contribution is 2.46. The Morgan fingerprint density at radius 1 is 1.13 bits per heavy atom. The third kappa shape index (κ3) is 3.96. The minimum Gasteiger partial charge on any atom is -0.376 e. The van der Waals surface area contributed by atoms with Crippen molar-refractivity contribution in [3.05, 3.63) is 39.7 Å². The van der Waals surface area contributed by atoms with Crippen molar-refractivity contribution in [2.45, 2.75) is 90.3 Å². The molecule has 8 nitrogen and oxygen atoms in total. The van der Waals surface area contributed by atoms with Gasteiger partial charge in [0.15, 0.2) is 5.65 Å². The highest BCUT2D eigenvalue weighted by molar-refractivity contribution is 7.19. The number of aryl methyl sites for hydroxylation is 2. The Morgan fingerprint density at radius 3 is 2.67 bits per heavy atom. The average Bonchev–Trinajstić information content (AvgIpc) is 3.73. The number of H-pyrrole nitrogens is 1. The number of hydrogen-bond donors (Lipinski definition) is 2. The summed E-state index contributed by atoms with van der Waals surface area (Å²) < 4.78 is 7.70. The molecule has 0 aromatic carbocycles. The lowest BCUT2D eigenvalue weighted by atomic mass is 9.89. The molecule has 0 saturated carbocycles. The first-order valence-electron chi connectivity index (χ1n) is 14.4. The number of aromatic nitrogens is 4. The summed E-state index contributed by atoms with van der Waals surface area (Å²) in [5, 5.41) is 9.36. The fourth-order valence-corrected chi connectivity index (χ4v) is 8.66. The minimum absolute atomic E-state index is 0.0747. The molecule has 3 aliphatic heterocycles. The zero-order chi connectivity index (χ0) is 27.0. The predicted molar refractivity (Wildman–Crippen MR) is 155 cm³/mol. The van der Waals surface area contributed by atoms with Gasteiger partial charge in [0.05, 0.1) is 17.8 Å². The summed E-state index contributed by atoms with van der Waals surface area (Å²) in [6.45, 7) is 13.7. The zero-order valence-corrected chi connectivity index (χ0v) is 24.3. The molecule has 39 heavy (non-hydrogen) atoms. The van der Waals surface area contributed by atoms with Crippen LogP contribution in [0.1, 0.15) is 78.5 Å². The SMILES string of the molecule is Cc1c(-c2[nH]c3sc(C4CCN(C(=O)[C@@H]5C[C@@H]6OCC[C@@H]6N5)CC4)c(C)c3c2C(C)C)cn2ncnc2c1C. The molecule has 0 aliphatic carbocycles. The highest BCUT2D eigenvalue weighted by Gasteiger charge is 2.42. The van der Waals surface area contributed by atoms with Gasteiger partial charge in [0, 0.05) is 47.8 Å². The lowest BCUT2D eigenvalue weighted by Crippen LogP contribution is -2.47. The number of likely N-dealkylation sites (tertiary alicyclic amines) is 1. The van der Waals surface area contributed by atoms with E-state index < -0.39 is 0 Å². The van der Waals surface area contributed by atoms with E-state index in [1.54, 1.807) is 6.33 Å². The Morgan fingerprint density at radius 2 is 1.92 bits per heavy atom. The quantitative estimate of drug-likeness (QED) is 0.367. The van der Waals surface area contributed by atoms with E-state index in [4.69, 9.17) is 4.74 Å². The lowest BCUT2D eigenvalue weighted by molar-refractivity contribution is -0.134. The van der Waals surface area contributed by atoms with E-state index in [1.807, 2.05) is 15.9 Å². The number of thiophene rings is 1. The van der Waals surface area contributed by atoms with Crippen LogP contribution in [0.4, 0.5) is 0 Å². The van der Waals surface area contributed by atoms with Gasteiger partial charge in [-0.15, -0.1) is 11.3 Å². The van der Waals surface area contributed by atoms with E-state index in [2.05, 4.69) is 66.1 Å². The second-order valence-corrected chi connectivity index (χ2v) is 13.1. The molecule has 3 fully saturated rings. The summed E-state index contributed by atoms with van der Waals surface area (Å²) in [5.74, 6) is 1.14. The Bertz CT molecular complexity index is 1560. The van der Waals surface area contributed by atoms with Crippen LogP contribution in [-0.4, -0.2) is 68.3 Å². The first kappa shape index (κ1) is 25.2. The number of amides is 1. The second kappa shape index (κ2) is 9.42. The molecule has 4 aromatic heterocycles. The molecule has 0 radical (unpaired) electrons. The number of carbonyl (C=O) groups is 1. The zero-order valence-electron chi connectivity index (χ0n) is 23.5. The van der Waals surface area contributed by atoms with E-state index in [9.17, 15) is 4.79 Å². The Labute approximate surface area is 233 Å². The van der Waals surface area contributed by atoms with Crippen LogP contribution >= 0.6 is 11.3 Å². The van der Waals surface area contributed by atoms with Crippen LogP contribution in [0.2, 0.25) is 0 Å². The van der Waals surface area contributed by atoms with Gasteiger partial charge in [0.2, 0.25) is 5.91 Å². The molecule has 4 aromatic rings. The number of nitrogens with one attached hydrogen (secondary N) is 2. The monoisotopic (exact) mass is 546 g/mol. The molecule has 3 atom stereocenters. The number of hydrogen-bond acceptors (Lipinski definition) is 6. The van der Waals surface area contributed by atoms with Crippen molar-refractivity contribution in [3.8, 4) is 11.3 Å². The topological polar surface area (TPSA) is 87.5 Å². The lowest BCUT2D eigenvalue weighted by Gasteiger charge is -2.33. The van der Waals surface area contributed by atoms with Crippen LogP contribution in [0, 0.1) is 20.8 Å². The molecule has 1 amide bonds. The molecule has 9 heteroatoms. The van der Waals surface area contributed by atoms with Crippen molar-refractivity contribution in [2.24, 2.45) is 0 Å². The summed E-state index contributed by atoms with van der Waals surface area (Å²) in [4.78, 5) is 26.4. The van der Waals surface area contributed by atoms with Crippen LogP contribution < -0.4 is 5.32 Å². The van der Waals surface area contributed by atoms with Crippen molar-refractivity contribution in [1.82, 2.24) is 29.8 Å². The molecule has 3 aliphatic rings. The first-order valence-corrected chi connectivity index (χ1v) is 15.2. The van der Waals surface area contributed by atoms with E-state index in [0.29, 0.717) is 17.9 Å². The van der Waals surface area contributed by atoms with Crippen molar-refractivity contribution < 1.29 is 9.53 Å². The fraction of sp³-hybridized carbons (Fsp3) is 0.567. The summed E-state index contributed by atoms with van der Waals surface area (Å²) in [7, 11) is 0. The number of carbonyl (C=O) groups excluding carboxylic acids is 1. The summed E-state index contributed by atoms with van der Waals surface area (Å²) in [5.41, 5.74) is 8.52. The van der Waals surface area contributed by atoms with E-state index in [0.717, 1.165) is 51.0 Å². The van der Waals surface area contributed by atoms with Crippen LogP contribution in [-0.2, 0) is 9.53 Å². The normalized spacial score (nSPS) is 24.1. The van der Waals surface area contributed by atoms with Gasteiger partial charge in [-0.1, -0.05) is 13.8 Å². The van der Waals surface area contributed by atoms with Crippen LogP contribution in [0.5, 0.6) is 0 Å². The van der Waals surface area contributed by atoms with Gasteiger partial charge in [0.25, 0.3) is 0 Å². The van der Waals surface area contributed by atoms with Gasteiger partial charge in [-0.05, 0) is 80.5 Å².